The molecule has 0 aliphatic carbocycles. The monoisotopic (exact) mass is 435 g/mol. The van der Waals surface area contributed by atoms with Crippen LogP contribution >= 0.6 is 11.8 Å². The molecule has 0 spiro atoms. The minimum Gasteiger partial charge on any atom is -0.461 e. The van der Waals surface area contributed by atoms with Crippen LogP contribution in [0.1, 0.15) is 47.4 Å². The number of nitrogens with zero attached hydrogens (tertiary/aromatic N) is 2. The van der Waals surface area contributed by atoms with E-state index in [9.17, 15) is 9.18 Å². The van der Waals surface area contributed by atoms with Gasteiger partial charge in [-0.1, -0.05) is 24.6 Å². The second-order valence-corrected chi connectivity index (χ2v) is 8.79. The molecule has 5 rings (SSSR count). The van der Waals surface area contributed by atoms with Crippen molar-refractivity contribution in [2.75, 3.05) is 13.1 Å². The second-order valence-electron chi connectivity index (χ2n) is 7.71. The van der Waals surface area contributed by atoms with Crippen LogP contribution in [0.4, 0.5) is 10.1 Å². The molecular weight excluding hydrogens is 413 g/mol. The molecule has 0 unspecified atom stereocenters. The highest BCUT2D eigenvalue weighted by molar-refractivity contribution is 7.99. The molecule has 1 saturated heterocycles. The van der Waals surface area contributed by atoms with Crippen molar-refractivity contribution in [1.29, 1.82) is 0 Å². The maximum atomic E-state index is 13.5. The molecule has 1 aromatic heterocycles. The van der Waals surface area contributed by atoms with Gasteiger partial charge < -0.3 is 4.42 Å². The number of carbonyl (C=O) groups excluding carboxylic acids is 1. The van der Waals surface area contributed by atoms with E-state index in [-0.39, 0.29) is 11.7 Å². The number of halogens is 1. The van der Waals surface area contributed by atoms with Gasteiger partial charge in [-0.05, 0) is 61.4 Å². The lowest BCUT2D eigenvalue weighted by Crippen LogP contribution is -2.42. The maximum absolute atomic E-state index is 13.5. The highest BCUT2D eigenvalue weighted by Gasteiger charge is 2.23. The van der Waals surface area contributed by atoms with Gasteiger partial charge in [-0.25, -0.2) is 14.4 Å². The zero-order valence-corrected chi connectivity index (χ0v) is 17.8. The molecule has 0 bridgehead atoms. The number of hydrazine groups is 1. The van der Waals surface area contributed by atoms with E-state index >= 15 is 0 Å². The smallest absolute Gasteiger partial charge is 0.265 e. The Kier molecular flexibility index (Phi) is 5.61. The fraction of sp³-hybridized carbons (Fsp3) is 0.250. The van der Waals surface area contributed by atoms with Gasteiger partial charge in [0.15, 0.2) is 5.76 Å². The van der Waals surface area contributed by atoms with Crippen LogP contribution in [0.5, 0.6) is 0 Å². The molecule has 3 heterocycles. The number of amides is 1. The predicted octanol–water partition coefficient (Wildman–Crippen LogP) is 5.57. The number of hydrogen-bond acceptors (Lipinski definition) is 5. The summed E-state index contributed by atoms with van der Waals surface area (Å²) in [6, 6.07) is 13.6. The summed E-state index contributed by atoms with van der Waals surface area (Å²) in [5, 5.41) is 2.01. The number of hydrogen-bond donors (Lipinski definition) is 1. The van der Waals surface area contributed by atoms with Crippen LogP contribution in [-0.4, -0.2) is 29.7 Å². The van der Waals surface area contributed by atoms with Crippen LogP contribution in [0.25, 0.3) is 0 Å². The molecule has 2 aromatic carbocycles. The van der Waals surface area contributed by atoms with Crippen LogP contribution in [0.15, 0.2) is 74.0 Å². The first-order valence-corrected chi connectivity index (χ1v) is 11.3. The van der Waals surface area contributed by atoms with Crippen molar-refractivity contribution in [3.8, 4) is 0 Å². The average Bonchev–Trinajstić information content (AvgIpc) is 2.99. The summed E-state index contributed by atoms with van der Waals surface area (Å²) in [6.07, 6.45) is 6.23. The molecule has 0 atom stereocenters. The number of furan rings is 1. The maximum Gasteiger partial charge on any atom is 0.265 e. The third-order valence-electron chi connectivity index (χ3n) is 5.50. The van der Waals surface area contributed by atoms with Gasteiger partial charge in [0, 0.05) is 29.1 Å². The van der Waals surface area contributed by atoms with E-state index in [0.717, 1.165) is 41.3 Å². The lowest BCUT2D eigenvalue weighted by Gasteiger charge is -2.21. The first kappa shape index (κ1) is 20.0. The summed E-state index contributed by atoms with van der Waals surface area (Å²) < 4.78 is 19.2. The summed E-state index contributed by atoms with van der Waals surface area (Å²) in [7, 11) is 0. The van der Waals surface area contributed by atoms with Crippen molar-refractivity contribution in [3.63, 3.8) is 0 Å². The summed E-state index contributed by atoms with van der Waals surface area (Å²) in [6.45, 7) is 1.75. The van der Waals surface area contributed by atoms with Gasteiger partial charge in [0.2, 0.25) is 0 Å². The van der Waals surface area contributed by atoms with Crippen LogP contribution in [0.3, 0.4) is 0 Å². The first-order chi connectivity index (χ1) is 15.2. The van der Waals surface area contributed by atoms with Gasteiger partial charge in [-0.2, -0.15) is 0 Å². The molecule has 0 radical (unpaired) electrons. The molecule has 2 aliphatic rings. The Morgan fingerprint density at radius 2 is 1.77 bits per heavy atom. The molecule has 5 nitrogen and oxygen atoms in total. The molecule has 1 N–H and O–H groups in total. The van der Waals surface area contributed by atoms with E-state index < -0.39 is 0 Å². The van der Waals surface area contributed by atoms with Gasteiger partial charge in [-0.3, -0.25) is 10.2 Å². The van der Waals surface area contributed by atoms with Crippen molar-refractivity contribution in [1.82, 2.24) is 10.4 Å². The molecule has 7 heteroatoms. The zero-order chi connectivity index (χ0) is 21.2. The van der Waals surface area contributed by atoms with Crippen molar-refractivity contribution in [3.05, 3.63) is 77.5 Å². The highest BCUT2D eigenvalue weighted by atomic mass is 32.2. The fourth-order valence-corrected chi connectivity index (χ4v) is 4.81. The van der Waals surface area contributed by atoms with E-state index in [1.807, 2.05) is 29.3 Å². The Balaban J connectivity index is 1.49. The lowest BCUT2D eigenvalue weighted by molar-refractivity contribution is 0.0794. The number of nitrogens with one attached hydrogen (secondary N) is 1. The van der Waals surface area contributed by atoms with E-state index in [1.54, 1.807) is 30.2 Å². The van der Waals surface area contributed by atoms with Crippen LogP contribution in [0, 0.1) is 5.82 Å². The topological polar surface area (TPSA) is 57.8 Å². The molecule has 0 saturated carbocycles. The second kappa shape index (κ2) is 8.69. The van der Waals surface area contributed by atoms with E-state index in [2.05, 4.69) is 5.43 Å². The minimum absolute atomic E-state index is 0.130. The Bertz CT molecular complexity index is 1130. The largest absolute Gasteiger partial charge is 0.461 e. The summed E-state index contributed by atoms with van der Waals surface area (Å²) >= 11 is 1.55. The lowest BCUT2D eigenvalue weighted by atomic mass is 10.1. The highest BCUT2D eigenvalue weighted by Crippen LogP contribution is 2.42. The zero-order valence-electron chi connectivity index (χ0n) is 16.9. The number of carbonyl (C=O) groups is 1. The van der Waals surface area contributed by atoms with Crippen molar-refractivity contribution >= 4 is 29.1 Å². The van der Waals surface area contributed by atoms with Crippen molar-refractivity contribution in [2.24, 2.45) is 4.99 Å². The van der Waals surface area contributed by atoms with Crippen LogP contribution in [0.2, 0.25) is 0 Å². The van der Waals surface area contributed by atoms with Crippen LogP contribution < -0.4 is 5.43 Å². The Hall–Kier alpha value is -2.90. The third-order valence-corrected chi connectivity index (χ3v) is 6.61. The first-order valence-electron chi connectivity index (χ1n) is 10.5. The normalized spacial score (nSPS) is 16.5. The SMILES string of the molecule is O=C(NN1CCCCCC1)c1ccc2c(c1)N=C(c1ccc(F)cc1)c1occc1S2. The molecule has 3 aromatic rings. The van der Waals surface area contributed by atoms with Crippen LogP contribution in [-0.2, 0) is 0 Å². The average molecular weight is 436 g/mol. The molecule has 1 amide bonds. The van der Waals surface area contributed by atoms with Gasteiger partial charge in [-0.15, -0.1) is 0 Å². The number of fused-ring (bicyclic) bond motifs is 2. The van der Waals surface area contributed by atoms with Gasteiger partial charge in [0.25, 0.3) is 5.91 Å². The van der Waals surface area contributed by atoms with Gasteiger partial charge in [0.1, 0.15) is 11.5 Å². The Morgan fingerprint density at radius 3 is 2.55 bits per heavy atom. The summed E-state index contributed by atoms with van der Waals surface area (Å²) in [5.74, 6) is 0.206. The standard InChI is InChI=1S/C24H22FN3O2S/c25-18-8-5-16(6-9-18)22-23-21(11-14-30-23)31-20-10-7-17(15-19(20)26-22)24(29)27-28-12-3-1-2-4-13-28/h5-11,14-15H,1-4,12-13H2,(H,27,29). The fourth-order valence-electron chi connectivity index (χ4n) is 3.87. The quantitative estimate of drug-likeness (QED) is 0.457. The molecule has 1 fully saturated rings. The van der Waals surface area contributed by atoms with Crippen molar-refractivity contribution < 1.29 is 13.6 Å². The molecule has 158 valence electrons. The van der Waals surface area contributed by atoms with E-state index in [4.69, 9.17) is 9.41 Å². The molecule has 31 heavy (non-hydrogen) atoms. The number of rotatable bonds is 3. The Morgan fingerprint density at radius 1 is 1.00 bits per heavy atom. The molecule has 2 aliphatic heterocycles. The third kappa shape index (κ3) is 4.29. The number of aliphatic imine (C=N–C) groups is 1. The Labute approximate surface area is 184 Å². The van der Waals surface area contributed by atoms with Gasteiger partial charge >= 0.3 is 0 Å². The summed E-state index contributed by atoms with van der Waals surface area (Å²) in [5.41, 5.74) is 5.67. The number of benzene rings is 2. The van der Waals surface area contributed by atoms with E-state index in [0.29, 0.717) is 22.7 Å². The summed E-state index contributed by atoms with van der Waals surface area (Å²) in [4.78, 5) is 19.6. The van der Waals surface area contributed by atoms with E-state index in [1.165, 1.54) is 25.0 Å². The minimum atomic E-state index is -0.306. The van der Waals surface area contributed by atoms with Gasteiger partial charge in [0.05, 0.1) is 16.8 Å². The van der Waals surface area contributed by atoms with Crippen molar-refractivity contribution in [2.45, 2.75) is 35.5 Å². The predicted molar refractivity (Wildman–Crippen MR) is 118 cm³/mol. The molecular formula is C24H22FN3O2S.